The predicted molar refractivity (Wildman–Crippen MR) is 189 cm³/mol. The van der Waals surface area contributed by atoms with Crippen LogP contribution in [0.15, 0.2) is 88.8 Å². The van der Waals surface area contributed by atoms with Gasteiger partial charge in [-0.3, -0.25) is 14.5 Å². The van der Waals surface area contributed by atoms with Crippen LogP contribution >= 0.6 is 23.1 Å². The number of thioether (sulfide) groups is 1. The summed E-state index contributed by atoms with van der Waals surface area (Å²) in [5, 5.41) is 23.0. The van der Waals surface area contributed by atoms with E-state index in [2.05, 4.69) is 34.5 Å². The van der Waals surface area contributed by atoms with Crippen LogP contribution in [0.25, 0.3) is 16.5 Å². The summed E-state index contributed by atoms with van der Waals surface area (Å²) in [5.74, 6) is 0.597. The number of ketones is 1. The molecule has 4 aromatic carbocycles. The van der Waals surface area contributed by atoms with E-state index in [9.17, 15) is 14.7 Å². The lowest BCUT2D eigenvalue weighted by atomic mass is 9.95. The zero-order valence-electron chi connectivity index (χ0n) is 26.9. The molecule has 7 rings (SSSR count). The average Bonchev–Trinajstić information content (AvgIpc) is 3.71. The summed E-state index contributed by atoms with van der Waals surface area (Å²) < 4.78 is 23.8. The molecule has 1 N–H and O–H groups in total. The molecule has 1 atom stereocenters. The first-order valence-electron chi connectivity index (χ1n) is 16.0. The Kier molecular flexibility index (Phi) is 9.41. The topological polar surface area (TPSA) is 120 Å². The van der Waals surface area contributed by atoms with E-state index in [1.54, 1.807) is 36.4 Å². The first-order valence-corrected chi connectivity index (χ1v) is 17.8. The van der Waals surface area contributed by atoms with E-state index in [1.807, 2.05) is 32.0 Å². The highest BCUT2D eigenvalue weighted by Crippen LogP contribution is 2.46. The fourth-order valence-electron chi connectivity index (χ4n) is 5.90. The zero-order chi connectivity index (χ0) is 33.9. The molecule has 2 aliphatic rings. The Hall–Kier alpha value is -5.07. The number of fused-ring (bicyclic) bond motifs is 2. The Bertz CT molecular complexity index is 2070. The molecule has 0 radical (unpaired) electrons. The van der Waals surface area contributed by atoms with Gasteiger partial charge in [-0.05, 0) is 65.6 Å². The number of aromatic nitrogens is 2. The van der Waals surface area contributed by atoms with E-state index in [1.165, 1.54) is 28.0 Å². The maximum absolute atomic E-state index is 13.9. The number of hydrogen-bond acceptors (Lipinski definition) is 11. The molecule has 1 saturated heterocycles. The van der Waals surface area contributed by atoms with Crippen molar-refractivity contribution in [3.63, 3.8) is 0 Å². The van der Waals surface area contributed by atoms with Gasteiger partial charge < -0.3 is 24.1 Å². The lowest BCUT2D eigenvalue weighted by molar-refractivity contribution is -0.132. The Labute approximate surface area is 291 Å². The summed E-state index contributed by atoms with van der Waals surface area (Å²) in [4.78, 5) is 29.1. The van der Waals surface area contributed by atoms with Gasteiger partial charge in [-0.25, -0.2) is 0 Å². The molecule has 12 heteroatoms. The summed E-state index contributed by atoms with van der Waals surface area (Å²) >= 11 is 2.71. The maximum atomic E-state index is 13.9. The van der Waals surface area contributed by atoms with Gasteiger partial charge in [-0.1, -0.05) is 78.6 Å². The van der Waals surface area contributed by atoms with E-state index in [4.69, 9.17) is 18.9 Å². The summed E-state index contributed by atoms with van der Waals surface area (Å²) in [6, 6.07) is 23.5. The Morgan fingerprint density at radius 2 is 1.76 bits per heavy atom. The minimum Gasteiger partial charge on any atom is -0.507 e. The quantitative estimate of drug-likeness (QED) is 0.0487. The van der Waals surface area contributed by atoms with Crippen molar-refractivity contribution >= 4 is 56.5 Å². The van der Waals surface area contributed by atoms with Crippen LogP contribution in [-0.4, -0.2) is 53.4 Å². The molecule has 1 unspecified atom stereocenters. The van der Waals surface area contributed by atoms with Crippen LogP contribution < -0.4 is 23.8 Å². The molecule has 0 aliphatic carbocycles. The van der Waals surface area contributed by atoms with Gasteiger partial charge in [0.2, 0.25) is 5.13 Å². The number of Topliss-reactive ketones (excluding diaryl/α,β-unsaturated/α-hetero) is 1. The predicted octanol–water partition coefficient (Wildman–Crippen LogP) is 7.57. The fourth-order valence-corrected chi connectivity index (χ4v) is 7.77. The van der Waals surface area contributed by atoms with Crippen LogP contribution in [0.1, 0.15) is 43.0 Å². The largest absolute Gasteiger partial charge is 0.507 e. The first-order chi connectivity index (χ1) is 24.0. The number of benzene rings is 4. The number of anilines is 1. The van der Waals surface area contributed by atoms with Crippen molar-refractivity contribution in [1.82, 2.24) is 10.2 Å². The van der Waals surface area contributed by atoms with Gasteiger partial charge >= 0.3 is 5.91 Å². The molecule has 49 heavy (non-hydrogen) atoms. The number of carbonyl (C=O) groups excluding carboxylic acids is 2. The van der Waals surface area contributed by atoms with Gasteiger partial charge in [-0.2, -0.15) is 0 Å². The summed E-state index contributed by atoms with van der Waals surface area (Å²) in [5.41, 5.74) is 1.90. The number of hydrogen-bond donors (Lipinski definition) is 1. The van der Waals surface area contributed by atoms with Crippen molar-refractivity contribution < 1.29 is 33.6 Å². The molecular formula is C37H33N3O7S2. The number of aliphatic hydroxyl groups is 1. The minimum atomic E-state index is -1.03. The SMILES string of the molecule is CCCOc1ccc(C2C(=C(O)c3ccc4c(c3)OCCO4)C(=O)C(=O)N2c2nnc(SCc3cccc4ccccc34)s2)cc1OCC. The van der Waals surface area contributed by atoms with Gasteiger partial charge in [0.1, 0.15) is 19.0 Å². The van der Waals surface area contributed by atoms with Crippen molar-refractivity contribution in [2.24, 2.45) is 0 Å². The van der Waals surface area contributed by atoms with Crippen molar-refractivity contribution in [3.05, 3.63) is 101 Å². The third-order valence-corrected chi connectivity index (χ3v) is 10.2. The second kappa shape index (κ2) is 14.2. The standard InChI is InChI=1S/C37H33N3O7S2/c1-3-16-45-27-14-12-23(19-29(27)44-4-2)32-31(33(41)24-13-15-28-30(20-24)47-18-17-46-28)34(42)35(43)40(32)36-38-39-37(49-36)48-21-25-10-7-9-22-8-5-6-11-26(22)25/h5-15,19-20,32,41H,3-4,16-18,21H2,1-2H3. The number of nitrogens with zero attached hydrogens (tertiary/aromatic N) is 3. The number of aliphatic hydroxyl groups excluding tert-OH is 1. The van der Waals surface area contributed by atoms with E-state index in [-0.39, 0.29) is 16.5 Å². The second-order valence-electron chi connectivity index (χ2n) is 11.3. The third kappa shape index (κ3) is 6.41. The maximum Gasteiger partial charge on any atom is 0.301 e. The zero-order valence-corrected chi connectivity index (χ0v) is 28.5. The molecule has 1 aromatic heterocycles. The number of ether oxygens (including phenoxy) is 4. The highest BCUT2D eigenvalue weighted by molar-refractivity contribution is 8.00. The summed E-state index contributed by atoms with van der Waals surface area (Å²) in [6.07, 6.45) is 0.806. The molecule has 1 amide bonds. The van der Waals surface area contributed by atoms with Crippen LogP contribution in [0.5, 0.6) is 23.0 Å². The van der Waals surface area contributed by atoms with Gasteiger partial charge in [0, 0.05) is 11.3 Å². The Balaban J connectivity index is 1.28. The number of amides is 1. The molecule has 2 aliphatic heterocycles. The van der Waals surface area contributed by atoms with Gasteiger partial charge in [0.25, 0.3) is 5.78 Å². The van der Waals surface area contributed by atoms with E-state index in [0.29, 0.717) is 70.6 Å². The van der Waals surface area contributed by atoms with E-state index < -0.39 is 17.7 Å². The summed E-state index contributed by atoms with van der Waals surface area (Å²) in [7, 11) is 0. The highest BCUT2D eigenvalue weighted by Gasteiger charge is 2.48. The normalized spacial score (nSPS) is 16.7. The van der Waals surface area contributed by atoms with Crippen LogP contribution in [-0.2, 0) is 15.3 Å². The van der Waals surface area contributed by atoms with Crippen LogP contribution in [0.2, 0.25) is 0 Å². The molecule has 5 aromatic rings. The lowest BCUT2D eigenvalue weighted by Crippen LogP contribution is -2.29. The lowest BCUT2D eigenvalue weighted by Gasteiger charge is -2.24. The molecule has 0 spiro atoms. The third-order valence-electron chi connectivity index (χ3n) is 8.14. The molecular weight excluding hydrogens is 663 g/mol. The van der Waals surface area contributed by atoms with Crippen LogP contribution in [0, 0.1) is 0 Å². The number of carbonyl (C=O) groups is 2. The van der Waals surface area contributed by atoms with E-state index >= 15 is 0 Å². The van der Waals surface area contributed by atoms with Crippen molar-refractivity contribution in [3.8, 4) is 23.0 Å². The smallest absolute Gasteiger partial charge is 0.301 e. The van der Waals surface area contributed by atoms with Crippen molar-refractivity contribution in [2.75, 3.05) is 31.3 Å². The Morgan fingerprint density at radius 1 is 0.939 bits per heavy atom. The highest BCUT2D eigenvalue weighted by atomic mass is 32.2. The molecule has 0 saturated carbocycles. The van der Waals surface area contributed by atoms with Gasteiger partial charge in [-0.15, -0.1) is 10.2 Å². The van der Waals surface area contributed by atoms with E-state index in [0.717, 1.165) is 22.8 Å². The average molecular weight is 696 g/mol. The number of rotatable bonds is 11. The summed E-state index contributed by atoms with van der Waals surface area (Å²) in [6.45, 7) is 5.50. The fraction of sp³-hybridized carbons (Fsp3) is 0.243. The monoisotopic (exact) mass is 695 g/mol. The van der Waals surface area contributed by atoms with Gasteiger partial charge in [0.15, 0.2) is 27.3 Å². The first kappa shape index (κ1) is 32.5. The van der Waals surface area contributed by atoms with Crippen LogP contribution in [0.4, 0.5) is 5.13 Å². The van der Waals surface area contributed by atoms with Crippen molar-refractivity contribution in [1.29, 1.82) is 0 Å². The Morgan fingerprint density at radius 3 is 2.59 bits per heavy atom. The molecule has 250 valence electrons. The van der Waals surface area contributed by atoms with Gasteiger partial charge in [0.05, 0.1) is 24.8 Å². The molecule has 3 heterocycles. The molecule has 0 bridgehead atoms. The second-order valence-corrected chi connectivity index (χ2v) is 13.5. The van der Waals surface area contributed by atoms with Crippen LogP contribution in [0.3, 0.4) is 0 Å². The minimum absolute atomic E-state index is 0.0912. The molecule has 10 nitrogen and oxygen atoms in total. The molecule has 1 fully saturated rings. The van der Waals surface area contributed by atoms with Crippen molar-refractivity contribution in [2.45, 2.75) is 36.4 Å².